The van der Waals surface area contributed by atoms with Crippen LogP contribution in [0.4, 0.5) is 0 Å². The Labute approximate surface area is 139 Å². The normalized spacial score (nSPS) is 13.6. The van der Waals surface area contributed by atoms with Crippen LogP contribution in [0.3, 0.4) is 0 Å². The van der Waals surface area contributed by atoms with Gasteiger partial charge in [-0.25, -0.2) is 0 Å². The first kappa shape index (κ1) is 17.0. The van der Waals surface area contributed by atoms with Crippen molar-refractivity contribution in [3.63, 3.8) is 0 Å². The third-order valence-corrected chi connectivity index (χ3v) is 4.58. The molecule has 0 fully saturated rings. The van der Waals surface area contributed by atoms with Crippen LogP contribution in [-0.2, 0) is 17.3 Å². The van der Waals surface area contributed by atoms with Crippen molar-refractivity contribution in [3.8, 4) is 5.75 Å². The minimum Gasteiger partial charge on any atom is -0.496 e. The maximum atomic E-state index is 11.6. The summed E-state index contributed by atoms with van der Waals surface area (Å²) in [6.07, 6.45) is 1.72. The van der Waals surface area contributed by atoms with E-state index in [1.165, 1.54) is 0 Å². The first-order valence-corrected chi connectivity index (χ1v) is 9.12. The molecule has 0 heterocycles. The van der Waals surface area contributed by atoms with Gasteiger partial charge in [0.1, 0.15) is 5.75 Å². The molecule has 0 amide bonds. The van der Waals surface area contributed by atoms with Crippen molar-refractivity contribution in [2.45, 2.75) is 12.6 Å². The zero-order valence-electron chi connectivity index (χ0n) is 12.7. The van der Waals surface area contributed by atoms with E-state index in [0.717, 1.165) is 16.9 Å². The standard InChI is InChI=1S/C17H20ClNO2S/c1-21-17-10-6-9-15(18)14(17)11-19-16(12-22(2)20)13-7-4-3-5-8-13/h3-10,16,19H,11-12H2,1-2H3. The van der Waals surface area contributed by atoms with E-state index in [-0.39, 0.29) is 6.04 Å². The van der Waals surface area contributed by atoms with Crippen molar-refractivity contribution in [2.75, 3.05) is 19.1 Å². The number of benzene rings is 2. The average Bonchev–Trinajstić information content (AvgIpc) is 2.52. The Bertz CT molecular complexity index is 634. The van der Waals surface area contributed by atoms with E-state index in [2.05, 4.69) is 5.32 Å². The van der Waals surface area contributed by atoms with Crippen LogP contribution in [0.1, 0.15) is 17.2 Å². The minimum absolute atomic E-state index is 0.00742. The second-order valence-corrected chi connectivity index (χ2v) is 6.89. The number of hydrogen-bond acceptors (Lipinski definition) is 3. The third-order valence-electron chi connectivity index (χ3n) is 3.42. The molecule has 22 heavy (non-hydrogen) atoms. The molecule has 2 aromatic carbocycles. The summed E-state index contributed by atoms with van der Waals surface area (Å²) < 4.78 is 17.0. The third kappa shape index (κ3) is 4.57. The zero-order chi connectivity index (χ0) is 15.9. The molecule has 0 spiro atoms. The van der Waals surface area contributed by atoms with Crippen LogP contribution in [0.15, 0.2) is 48.5 Å². The van der Waals surface area contributed by atoms with Gasteiger partial charge in [-0.1, -0.05) is 48.0 Å². The SMILES string of the molecule is COc1cccc(Cl)c1CNC(CS(C)=O)c1ccccc1. The molecule has 0 bridgehead atoms. The molecule has 2 aromatic rings. The highest BCUT2D eigenvalue weighted by Crippen LogP contribution is 2.27. The Morgan fingerprint density at radius 2 is 1.91 bits per heavy atom. The lowest BCUT2D eigenvalue weighted by Crippen LogP contribution is -2.26. The maximum Gasteiger partial charge on any atom is 0.124 e. The molecule has 0 aromatic heterocycles. The molecule has 0 saturated heterocycles. The van der Waals surface area contributed by atoms with Gasteiger partial charge in [0.15, 0.2) is 0 Å². The fourth-order valence-electron chi connectivity index (χ4n) is 2.32. The highest BCUT2D eigenvalue weighted by atomic mass is 35.5. The van der Waals surface area contributed by atoms with Crippen molar-refractivity contribution >= 4 is 22.4 Å². The van der Waals surface area contributed by atoms with Crippen LogP contribution < -0.4 is 10.1 Å². The van der Waals surface area contributed by atoms with E-state index in [4.69, 9.17) is 16.3 Å². The highest BCUT2D eigenvalue weighted by molar-refractivity contribution is 7.84. The summed E-state index contributed by atoms with van der Waals surface area (Å²) in [5.41, 5.74) is 2.03. The first-order valence-electron chi connectivity index (χ1n) is 7.01. The lowest BCUT2D eigenvalue weighted by atomic mass is 10.1. The van der Waals surface area contributed by atoms with E-state index in [1.807, 2.05) is 48.5 Å². The number of ether oxygens (including phenoxy) is 1. The van der Waals surface area contributed by atoms with Gasteiger partial charge in [0.25, 0.3) is 0 Å². The van der Waals surface area contributed by atoms with E-state index in [1.54, 1.807) is 13.4 Å². The van der Waals surface area contributed by atoms with Gasteiger partial charge in [-0.15, -0.1) is 0 Å². The first-order chi connectivity index (χ1) is 10.6. The fraction of sp³-hybridized carbons (Fsp3) is 0.294. The monoisotopic (exact) mass is 337 g/mol. The molecule has 5 heteroatoms. The summed E-state index contributed by atoms with van der Waals surface area (Å²) in [7, 11) is 0.737. The number of halogens is 1. The van der Waals surface area contributed by atoms with Crippen LogP contribution in [0, 0.1) is 0 Å². The second-order valence-electron chi connectivity index (χ2n) is 5.00. The van der Waals surface area contributed by atoms with Crippen LogP contribution in [0.5, 0.6) is 5.75 Å². The molecule has 1 N–H and O–H groups in total. The van der Waals surface area contributed by atoms with Crippen LogP contribution in [0.2, 0.25) is 5.02 Å². The molecular weight excluding hydrogens is 318 g/mol. The van der Waals surface area contributed by atoms with E-state index in [9.17, 15) is 4.21 Å². The van der Waals surface area contributed by atoms with Crippen molar-refractivity contribution in [1.29, 1.82) is 0 Å². The Balaban J connectivity index is 2.17. The lowest BCUT2D eigenvalue weighted by Gasteiger charge is -2.19. The van der Waals surface area contributed by atoms with Crippen molar-refractivity contribution in [1.82, 2.24) is 5.32 Å². The number of methoxy groups -OCH3 is 1. The Kier molecular flexibility index (Phi) is 6.43. The van der Waals surface area contributed by atoms with Gasteiger partial charge in [-0.2, -0.15) is 0 Å². The predicted molar refractivity (Wildman–Crippen MR) is 93.0 cm³/mol. The van der Waals surface area contributed by atoms with Crippen molar-refractivity contribution < 1.29 is 8.95 Å². The van der Waals surface area contributed by atoms with Gasteiger partial charge in [0.05, 0.1) is 7.11 Å². The van der Waals surface area contributed by atoms with Crippen LogP contribution in [0.25, 0.3) is 0 Å². The quantitative estimate of drug-likeness (QED) is 0.839. The molecule has 3 nitrogen and oxygen atoms in total. The molecular formula is C17H20ClNO2S. The molecule has 0 aliphatic carbocycles. The van der Waals surface area contributed by atoms with Gasteiger partial charge in [0.2, 0.25) is 0 Å². The highest BCUT2D eigenvalue weighted by Gasteiger charge is 2.15. The Morgan fingerprint density at radius 1 is 1.18 bits per heavy atom. The summed E-state index contributed by atoms with van der Waals surface area (Å²) >= 11 is 6.26. The van der Waals surface area contributed by atoms with E-state index in [0.29, 0.717) is 17.3 Å². The summed E-state index contributed by atoms with van der Waals surface area (Å²) in [6, 6.07) is 15.6. The van der Waals surface area contributed by atoms with Gasteiger partial charge in [-0.05, 0) is 17.7 Å². The molecule has 0 saturated carbocycles. The number of rotatable bonds is 7. The number of hydrogen-bond donors (Lipinski definition) is 1. The van der Waals surface area contributed by atoms with Crippen LogP contribution in [-0.4, -0.2) is 23.3 Å². The lowest BCUT2D eigenvalue weighted by molar-refractivity contribution is 0.406. The second kappa shape index (κ2) is 8.32. The molecule has 0 aliphatic heterocycles. The Morgan fingerprint density at radius 3 is 2.55 bits per heavy atom. The number of nitrogens with one attached hydrogen (secondary N) is 1. The molecule has 118 valence electrons. The fourth-order valence-corrected chi connectivity index (χ4v) is 3.33. The summed E-state index contributed by atoms with van der Waals surface area (Å²) in [6.45, 7) is 0.555. The van der Waals surface area contributed by atoms with Crippen molar-refractivity contribution in [3.05, 3.63) is 64.7 Å². The minimum atomic E-state index is -0.893. The maximum absolute atomic E-state index is 11.6. The summed E-state index contributed by atoms with van der Waals surface area (Å²) in [5, 5.41) is 4.10. The summed E-state index contributed by atoms with van der Waals surface area (Å²) in [5.74, 6) is 1.31. The largest absolute Gasteiger partial charge is 0.496 e. The van der Waals surface area contributed by atoms with Gasteiger partial charge < -0.3 is 10.1 Å². The van der Waals surface area contributed by atoms with Gasteiger partial charge in [0, 0.05) is 46.0 Å². The molecule has 0 aliphatic rings. The van der Waals surface area contributed by atoms with Gasteiger partial charge >= 0.3 is 0 Å². The Hall–Kier alpha value is -1.36. The molecule has 0 radical (unpaired) electrons. The average molecular weight is 338 g/mol. The molecule has 2 rings (SSSR count). The molecule has 2 unspecified atom stereocenters. The van der Waals surface area contributed by atoms with Crippen molar-refractivity contribution in [2.24, 2.45) is 0 Å². The van der Waals surface area contributed by atoms with E-state index < -0.39 is 10.8 Å². The molecule has 2 atom stereocenters. The van der Waals surface area contributed by atoms with Gasteiger partial charge in [-0.3, -0.25) is 4.21 Å². The topological polar surface area (TPSA) is 38.3 Å². The smallest absolute Gasteiger partial charge is 0.124 e. The van der Waals surface area contributed by atoms with Crippen LogP contribution >= 0.6 is 11.6 Å². The summed E-state index contributed by atoms with van der Waals surface area (Å²) in [4.78, 5) is 0. The van der Waals surface area contributed by atoms with E-state index >= 15 is 0 Å². The zero-order valence-corrected chi connectivity index (χ0v) is 14.3. The predicted octanol–water partition coefficient (Wildman–Crippen LogP) is 3.56.